The monoisotopic (exact) mass is 145 g/mol. The summed E-state index contributed by atoms with van der Waals surface area (Å²) in [7, 11) is 1.87. The summed E-state index contributed by atoms with van der Waals surface area (Å²) >= 11 is 0. The zero-order valence-electron chi connectivity index (χ0n) is 6.55. The van der Waals surface area contributed by atoms with Gasteiger partial charge in [-0.2, -0.15) is 0 Å². The topological polar surface area (TPSA) is 49.3 Å². The zero-order chi connectivity index (χ0) is 7.98. The number of hydrogen-bond acceptors (Lipinski definition) is 2. The van der Waals surface area contributed by atoms with Crippen LogP contribution >= 0.6 is 0 Å². The lowest BCUT2D eigenvalue weighted by molar-refractivity contribution is -0.138. The van der Waals surface area contributed by atoms with Gasteiger partial charge in [-0.15, -0.1) is 0 Å². The van der Waals surface area contributed by atoms with E-state index in [2.05, 4.69) is 5.32 Å². The summed E-state index contributed by atoms with van der Waals surface area (Å²) in [6, 6.07) is 0. The van der Waals surface area contributed by atoms with Crippen LogP contribution in [-0.4, -0.2) is 24.7 Å². The molecule has 0 aliphatic rings. The average Bonchev–Trinajstić information content (AvgIpc) is 1.82. The van der Waals surface area contributed by atoms with Crippen molar-refractivity contribution in [1.29, 1.82) is 0 Å². The number of nitrogens with one attached hydrogen (secondary N) is 1. The molecule has 0 aliphatic heterocycles. The minimum absolute atomic E-state index is 0.279. The van der Waals surface area contributed by atoms with Crippen molar-refractivity contribution in [3.63, 3.8) is 0 Å². The van der Waals surface area contributed by atoms with E-state index in [1.54, 1.807) is 0 Å². The summed E-state index contributed by atoms with van der Waals surface area (Å²) in [4.78, 5) is 10.2. The second-order valence-corrected chi connectivity index (χ2v) is 2.60. The Morgan fingerprint density at radius 2 is 2.30 bits per heavy atom. The molecule has 0 radical (unpaired) electrons. The smallest absolute Gasteiger partial charge is 0.303 e. The first kappa shape index (κ1) is 9.43. The van der Waals surface area contributed by atoms with E-state index < -0.39 is 5.97 Å². The molecule has 0 bridgehead atoms. The van der Waals surface area contributed by atoms with Gasteiger partial charge in [0, 0.05) is 6.42 Å². The molecule has 3 heteroatoms. The SMILES string of the molecule is CNCCC(C)CC(=O)O. The van der Waals surface area contributed by atoms with Gasteiger partial charge < -0.3 is 10.4 Å². The molecule has 0 saturated carbocycles. The zero-order valence-corrected chi connectivity index (χ0v) is 6.55. The van der Waals surface area contributed by atoms with Gasteiger partial charge in [-0.3, -0.25) is 4.79 Å². The fraction of sp³-hybridized carbons (Fsp3) is 0.857. The van der Waals surface area contributed by atoms with Crippen molar-refractivity contribution in [2.45, 2.75) is 19.8 Å². The lowest BCUT2D eigenvalue weighted by atomic mass is 10.0. The van der Waals surface area contributed by atoms with E-state index in [4.69, 9.17) is 5.11 Å². The van der Waals surface area contributed by atoms with Crippen molar-refractivity contribution < 1.29 is 9.90 Å². The molecule has 2 N–H and O–H groups in total. The lowest BCUT2D eigenvalue weighted by Gasteiger charge is -2.06. The molecule has 0 aromatic heterocycles. The summed E-state index contributed by atoms with van der Waals surface area (Å²) in [5.41, 5.74) is 0. The number of carboxylic acid groups (broad SMARTS) is 1. The minimum Gasteiger partial charge on any atom is -0.481 e. The van der Waals surface area contributed by atoms with Crippen LogP contribution in [0.3, 0.4) is 0 Å². The fourth-order valence-electron chi connectivity index (χ4n) is 0.791. The Labute approximate surface area is 61.4 Å². The van der Waals surface area contributed by atoms with Crippen molar-refractivity contribution in [1.82, 2.24) is 5.32 Å². The van der Waals surface area contributed by atoms with Crippen LogP contribution in [0.15, 0.2) is 0 Å². The summed E-state index contributed by atoms with van der Waals surface area (Å²) in [6.45, 7) is 2.85. The average molecular weight is 145 g/mol. The van der Waals surface area contributed by atoms with Gasteiger partial charge in [-0.05, 0) is 25.9 Å². The molecule has 0 aromatic rings. The Kier molecular flexibility index (Phi) is 4.94. The van der Waals surface area contributed by atoms with Crippen molar-refractivity contribution in [2.24, 2.45) is 5.92 Å². The predicted octanol–water partition coefficient (Wildman–Crippen LogP) is 0.707. The second-order valence-electron chi connectivity index (χ2n) is 2.60. The first-order valence-electron chi connectivity index (χ1n) is 3.53. The molecule has 10 heavy (non-hydrogen) atoms. The maximum atomic E-state index is 10.2. The number of carboxylic acids is 1. The fourth-order valence-corrected chi connectivity index (χ4v) is 0.791. The van der Waals surface area contributed by atoms with Gasteiger partial charge in [0.25, 0.3) is 0 Å². The van der Waals surface area contributed by atoms with Crippen LogP contribution in [-0.2, 0) is 4.79 Å². The predicted molar refractivity (Wildman–Crippen MR) is 40.0 cm³/mol. The van der Waals surface area contributed by atoms with Gasteiger partial charge >= 0.3 is 5.97 Å². The van der Waals surface area contributed by atoms with Crippen molar-refractivity contribution in [3.8, 4) is 0 Å². The van der Waals surface area contributed by atoms with Crippen LogP contribution < -0.4 is 5.32 Å². The molecule has 0 spiro atoms. The molecule has 0 aliphatic carbocycles. The summed E-state index contributed by atoms with van der Waals surface area (Å²) in [5, 5.41) is 11.3. The van der Waals surface area contributed by atoms with E-state index in [1.807, 2.05) is 14.0 Å². The highest BCUT2D eigenvalue weighted by atomic mass is 16.4. The summed E-state index contributed by atoms with van der Waals surface area (Å²) in [5.74, 6) is -0.423. The number of rotatable bonds is 5. The van der Waals surface area contributed by atoms with Crippen molar-refractivity contribution >= 4 is 5.97 Å². The normalized spacial score (nSPS) is 13.0. The van der Waals surface area contributed by atoms with E-state index >= 15 is 0 Å². The number of aliphatic carboxylic acids is 1. The molecule has 0 rings (SSSR count). The molecule has 3 nitrogen and oxygen atoms in total. The third-order valence-electron chi connectivity index (χ3n) is 1.41. The Balaban J connectivity index is 3.25. The largest absolute Gasteiger partial charge is 0.481 e. The van der Waals surface area contributed by atoms with Crippen LogP contribution in [0.4, 0.5) is 0 Å². The van der Waals surface area contributed by atoms with Gasteiger partial charge in [0.15, 0.2) is 0 Å². The molecular weight excluding hydrogens is 130 g/mol. The Morgan fingerprint density at radius 1 is 1.70 bits per heavy atom. The quantitative estimate of drug-likeness (QED) is 0.599. The van der Waals surface area contributed by atoms with E-state index in [9.17, 15) is 4.79 Å². The third kappa shape index (κ3) is 5.56. The molecule has 0 saturated heterocycles. The molecule has 0 aromatic carbocycles. The number of carbonyl (C=O) groups is 1. The molecular formula is C7H15NO2. The first-order chi connectivity index (χ1) is 4.66. The van der Waals surface area contributed by atoms with E-state index in [-0.39, 0.29) is 12.3 Å². The summed E-state index contributed by atoms with van der Waals surface area (Å²) < 4.78 is 0. The van der Waals surface area contributed by atoms with Crippen molar-refractivity contribution in [3.05, 3.63) is 0 Å². The second kappa shape index (κ2) is 5.23. The first-order valence-corrected chi connectivity index (χ1v) is 3.53. The van der Waals surface area contributed by atoms with Gasteiger partial charge in [0.05, 0.1) is 0 Å². The van der Waals surface area contributed by atoms with Crippen molar-refractivity contribution in [2.75, 3.05) is 13.6 Å². The van der Waals surface area contributed by atoms with Crippen LogP contribution in [0, 0.1) is 5.92 Å². The summed E-state index contributed by atoms with van der Waals surface area (Å²) in [6.07, 6.45) is 1.21. The highest BCUT2D eigenvalue weighted by molar-refractivity contribution is 5.66. The van der Waals surface area contributed by atoms with Crippen LogP contribution in [0.25, 0.3) is 0 Å². The van der Waals surface area contributed by atoms with Crippen LogP contribution in [0.5, 0.6) is 0 Å². The lowest BCUT2D eigenvalue weighted by Crippen LogP contribution is -2.13. The molecule has 60 valence electrons. The highest BCUT2D eigenvalue weighted by Gasteiger charge is 2.05. The Hall–Kier alpha value is -0.570. The Morgan fingerprint density at radius 3 is 2.70 bits per heavy atom. The van der Waals surface area contributed by atoms with Gasteiger partial charge in [-0.1, -0.05) is 6.92 Å². The number of hydrogen-bond donors (Lipinski definition) is 2. The van der Waals surface area contributed by atoms with Gasteiger partial charge in [0.1, 0.15) is 0 Å². The standard InChI is InChI=1S/C7H15NO2/c1-6(3-4-8-2)5-7(9)10/h6,8H,3-5H2,1-2H3,(H,9,10). The van der Waals surface area contributed by atoms with E-state index in [1.165, 1.54) is 0 Å². The van der Waals surface area contributed by atoms with Gasteiger partial charge in [-0.25, -0.2) is 0 Å². The molecule has 0 fully saturated rings. The molecule has 1 unspecified atom stereocenters. The molecule has 0 heterocycles. The van der Waals surface area contributed by atoms with E-state index in [0.717, 1.165) is 13.0 Å². The maximum Gasteiger partial charge on any atom is 0.303 e. The Bertz CT molecular complexity index is 104. The van der Waals surface area contributed by atoms with Gasteiger partial charge in [0.2, 0.25) is 0 Å². The van der Waals surface area contributed by atoms with Crippen LogP contribution in [0.2, 0.25) is 0 Å². The highest BCUT2D eigenvalue weighted by Crippen LogP contribution is 2.05. The van der Waals surface area contributed by atoms with E-state index in [0.29, 0.717) is 0 Å². The molecule has 1 atom stereocenters. The van der Waals surface area contributed by atoms with Crippen LogP contribution in [0.1, 0.15) is 19.8 Å². The maximum absolute atomic E-state index is 10.2. The molecule has 0 amide bonds. The minimum atomic E-state index is -0.705. The third-order valence-corrected chi connectivity index (χ3v) is 1.41.